The second-order valence-corrected chi connectivity index (χ2v) is 7.53. The zero-order chi connectivity index (χ0) is 16.1. The number of aliphatic hydroxyl groups excluding tert-OH is 1. The molecule has 0 spiro atoms. The normalized spacial score (nSPS) is 31.8. The molecule has 2 saturated heterocycles. The molecular weight excluding hydrogens is 290 g/mol. The Morgan fingerprint density at radius 1 is 0.826 bits per heavy atom. The number of amides is 1. The molecule has 1 saturated carbocycles. The first kappa shape index (κ1) is 17.2. The van der Waals surface area contributed by atoms with Gasteiger partial charge in [-0.05, 0) is 25.7 Å². The van der Waals surface area contributed by atoms with Crippen molar-refractivity contribution in [2.75, 3.05) is 45.8 Å². The highest BCUT2D eigenvalue weighted by Gasteiger charge is 2.31. The molecule has 2 atom stereocenters. The van der Waals surface area contributed by atoms with E-state index in [1.54, 1.807) is 0 Å². The van der Waals surface area contributed by atoms with Gasteiger partial charge in [-0.15, -0.1) is 0 Å². The summed E-state index contributed by atoms with van der Waals surface area (Å²) in [6.45, 7) is 6.40. The molecule has 0 bridgehead atoms. The molecule has 2 heterocycles. The molecule has 3 rings (SSSR count). The second kappa shape index (κ2) is 8.45. The number of likely N-dealkylation sites (tertiary alicyclic amines) is 1. The van der Waals surface area contributed by atoms with Gasteiger partial charge in [-0.3, -0.25) is 14.6 Å². The van der Waals surface area contributed by atoms with Crippen LogP contribution in [0.1, 0.15) is 51.4 Å². The molecule has 1 amide bonds. The van der Waals surface area contributed by atoms with Gasteiger partial charge in [0.1, 0.15) is 0 Å². The molecule has 0 aromatic carbocycles. The smallest absolute Gasteiger partial charge is 0.236 e. The van der Waals surface area contributed by atoms with E-state index < -0.39 is 0 Å². The summed E-state index contributed by atoms with van der Waals surface area (Å²) < 4.78 is 0. The molecule has 2 unspecified atom stereocenters. The first-order valence-corrected chi connectivity index (χ1v) is 9.66. The molecule has 0 aromatic rings. The van der Waals surface area contributed by atoms with E-state index in [1.807, 2.05) is 0 Å². The van der Waals surface area contributed by atoms with Crippen LogP contribution in [0.2, 0.25) is 0 Å². The van der Waals surface area contributed by atoms with Crippen molar-refractivity contribution in [2.24, 2.45) is 0 Å². The summed E-state index contributed by atoms with van der Waals surface area (Å²) in [7, 11) is 0. The zero-order valence-corrected chi connectivity index (χ0v) is 14.5. The van der Waals surface area contributed by atoms with Crippen molar-refractivity contribution in [2.45, 2.75) is 63.5 Å². The molecule has 1 N–H and O–H groups in total. The largest absolute Gasteiger partial charge is 0.391 e. The summed E-state index contributed by atoms with van der Waals surface area (Å²) in [4.78, 5) is 19.3. The Morgan fingerprint density at radius 2 is 1.48 bits per heavy atom. The molecule has 3 fully saturated rings. The molecule has 3 aliphatic rings. The molecule has 132 valence electrons. The van der Waals surface area contributed by atoms with Gasteiger partial charge in [0.05, 0.1) is 12.6 Å². The highest BCUT2D eigenvalue weighted by Crippen LogP contribution is 2.24. The molecular formula is C18H33N3O2. The third-order valence-electron chi connectivity index (χ3n) is 5.89. The monoisotopic (exact) mass is 323 g/mol. The van der Waals surface area contributed by atoms with Crippen LogP contribution in [0.5, 0.6) is 0 Å². The quantitative estimate of drug-likeness (QED) is 0.851. The first-order chi connectivity index (χ1) is 11.2. The number of piperazine rings is 1. The minimum atomic E-state index is -0.144. The van der Waals surface area contributed by atoms with Crippen LogP contribution < -0.4 is 0 Å². The van der Waals surface area contributed by atoms with Crippen molar-refractivity contribution in [3.63, 3.8) is 0 Å². The van der Waals surface area contributed by atoms with Gasteiger partial charge >= 0.3 is 0 Å². The van der Waals surface area contributed by atoms with Gasteiger partial charge in [0.2, 0.25) is 5.91 Å². The van der Waals surface area contributed by atoms with Crippen LogP contribution in [0.3, 0.4) is 0 Å². The van der Waals surface area contributed by atoms with Gasteiger partial charge in [-0.25, -0.2) is 0 Å². The van der Waals surface area contributed by atoms with Gasteiger partial charge in [0.15, 0.2) is 0 Å². The average molecular weight is 323 g/mol. The van der Waals surface area contributed by atoms with Crippen molar-refractivity contribution in [1.29, 1.82) is 0 Å². The second-order valence-electron chi connectivity index (χ2n) is 7.53. The van der Waals surface area contributed by atoms with Crippen molar-refractivity contribution in [3.8, 4) is 0 Å². The number of nitrogens with zero attached hydrogens (tertiary/aromatic N) is 3. The Morgan fingerprint density at radius 3 is 2.13 bits per heavy atom. The van der Waals surface area contributed by atoms with Crippen LogP contribution in [0, 0.1) is 0 Å². The van der Waals surface area contributed by atoms with Gasteiger partial charge in [-0.1, -0.05) is 25.7 Å². The van der Waals surface area contributed by atoms with Gasteiger partial charge in [0, 0.05) is 45.3 Å². The molecule has 0 radical (unpaired) electrons. The summed E-state index contributed by atoms with van der Waals surface area (Å²) in [5.74, 6) is 0.318. The van der Waals surface area contributed by atoms with Crippen LogP contribution >= 0.6 is 0 Å². The lowest BCUT2D eigenvalue weighted by atomic mass is 9.91. The minimum Gasteiger partial charge on any atom is -0.391 e. The number of carbonyl (C=O) groups is 1. The van der Waals surface area contributed by atoms with Crippen LogP contribution in [0.25, 0.3) is 0 Å². The molecule has 5 heteroatoms. The number of carbonyl (C=O) groups excluding carboxylic acids is 1. The topological polar surface area (TPSA) is 47.0 Å². The van der Waals surface area contributed by atoms with Gasteiger partial charge in [0.25, 0.3) is 0 Å². The van der Waals surface area contributed by atoms with E-state index in [1.165, 1.54) is 38.5 Å². The van der Waals surface area contributed by atoms with Crippen molar-refractivity contribution in [1.82, 2.24) is 14.7 Å². The van der Waals surface area contributed by atoms with Crippen molar-refractivity contribution < 1.29 is 9.90 Å². The van der Waals surface area contributed by atoms with Crippen LogP contribution in [-0.4, -0.2) is 83.7 Å². The van der Waals surface area contributed by atoms with Gasteiger partial charge < -0.3 is 10.0 Å². The lowest BCUT2D eigenvalue weighted by Gasteiger charge is -2.42. The standard InChI is InChI=1S/C18H33N3O2/c22-17-8-4-3-7-16(17)20-13-11-19(12-14-20)15-18(23)21-9-5-1-2-6-10-21/h16-17,22H,1-15H2. The predicted octanol–water partition coefficient (Wildman–Crippen LogP) is 1.31. The highest BCUT2D eigenvalue weighted by atomic mass is 16.3. The van der Waals surface area contributed by atoms with E-state index in [0.717, 1.165) is 52.1 Å². The Balaban J connectivity index is 1.42. The number of hydrogen-bond acceptors (Lipinski definition) is 4. The van der Waals surface area contributed by atoms with E-state index in [-0.39, 0.29) is 6.10 Å². The number of hydrogen-bond donors (Lipinski definition) is 1. The Bertz CT molecular complexity index is 374. The van der Waals surface area contributed by atoms with E-state index in [0.29, 0.717) is 18.5 Å². The van der Waals surface area contributed by atoms with Crippen molar-refractivity contribution in [3.05, 3.63) is 0 Å². The lowest BCUT2D eigenvalue weighted by molar-refractivity contribution is -0.133. The predicted molar refractivity (Wildman–Crippen MR) is 91.3 cm³/mol. The zero-order valence-electron chi connectivity index (χ0n) is 14.5. The van der Waals surface area contributed by atoms with Crippen LogP contribution in [0.4, 0.5) is 0 Å². The maximum Gasteiger partial charge on any atom is 0.236 e. The third kappa shape index (κ3) is 4.68. The van der Waals surface area contributed by atoms with E-state index in [4.69, 9.17) is 0 Å². The minimum absolute atomic E-state index is 0.144. The fourth-order valence-corrected chi connectivity index (χ4v) is 4.38. The van der Waals surface area contributed by atoms with E-state index >= 15 is 0 Å². The molecule has 0 aromatic heterocycles. The summed E-state index contributed by atoms with van der Waals surface area (Å²) in [5, 5.41) is 10.2. The Labute approximate surface area is 140 Å². The van der Waals surface area contributed by atoms with E-state index in [2.05, 4.69) is 14.7 Å². The Kier molecular flexibility index (Phi) is 6.31. The first-order valence-electron chi connectivity index (χ1n) is 9.66. The fourth-order valence-electron chi connectivity index (χ4n) is 4.38. The molecule has 23 heavy (non-hydrogen) atoms. The highest BCUT2D eigenvalue weighted by molar-refractivity contribution is 5.78. The van der Waals surface area contributed by atoms with Crippen LogP contribution in [0.15, 0.2) is 0 Å². The molecule has 2 aliphatic heterocycles. The summed E-state index contributed by atoms with van der Waals surface area (Å²) >= 11 is 0. The Hall–Kier alpha value is -0.650. The SMILES string of the molecule is O=C(CN1CCN(C2CCCCC2O)CC1)N1CCCCCC1. The summed E-state index contributed by atoms with van der Waals surface area (Å²) in [6.07, 6.45) is 9.23. The molecule has 5 nitrogen and oxygen atoms in total. The summed E-state index contributed by atoms with van der Waals surface area (Å²) in [5.41, 5.74) is 0. The van der Waals surface area contributed by atoms with E-state index in [9.17, 15) is 9.90 Å². The number of aliphatic hydroxyl groups is 1. The molecule has 1 aliphatic carbocycles. The number of rotatable bonds is 3. The maximum atomic E-state index is 12.5. The third-order valence-corrected chi connectivity index (χ3v) is 5.89. The fraction of sp³-hybridized carbons (Fsp3) is 0.944. The summed E-state index contributed by atoms with van der Waals surface area (Å²) in [6, 6.07) is 0.354. The lowest BCUT2D eigenvalue weighted by Crippen LogP contribution is -2.55. The van der Waals surface area contributed by atoms with Gasteiger partial charge in [-0.2, -0.15) is 0 Å². The average Bonchev–Trinajstić information content (AvgIpc) is 2.86. The van der Waals surface area contributed by atoms with Crippen LogP contribution in [-0.2, 0) is 4.79 Å². The maximum absolute atomic E-state index is 12.5. The van der Waals surface area contributed by atoms with Crippen molar-refractivity contribution >= 4 is 5.91 Å².